The van der Waals surface area contributed by atoms with Crippen molar-refractivity contribution in [3.05, 3.63) is 68.4 Å². The number of benzene rings is 1. The van der Waals surface area contributed by atoms with Crippen molar-refractivity contribution in [2.24, 2.45) is 0 Å². The van der Waals surface area contributed by atoms with E-state index in [0.29, 0.717) is 5.01 Å². The maximum Gasteiger partial charge on any atom is 0.870 e. The van der Waals surface area contributed by atoms with Crippen LogP contribution in [0.15, 0.2) is 52.3 Å². The Kier molecular flexibility index (Phi) is 9.49. The molecule has 0 spiro atoms. The first-order valence-corrected chi connectivity index (χ1v) is 12.2. The van der Waals surface area contributed by atoms with Crippen LogP contribution in [0.2, 0.25) is 0 Å². The fourth-order valence-corrected chi connectivity index (χ4v) is 4.08. The third-order valence-electron chi connectivity index (χ3n) is 5.13. The van der Waals surface area contributed by atoms with Crippen molar-refractivity contribution < 1.29 is 28.3 Å². The smallest absolute Gasteiger partial charge is 0.462 e. The Morgan fingerprint density at radius 1 is 0.919 bits per heavy atom. The molecule has 0 unspecified atom stereocenters. The molecule has 0 atom stereocenters. The second kappa shape index (κ2) is 12.8. The van der Waals surface area contributed by atoms with Crippen LogP contribution in [0.3, 0.4) is 0 Å². The highest BCUT2D eigenvalue weighted by molar-refractivity contribution is 7.14. The number of carbonyl (C=O) groups excluding carboxylic acids is 3. The monoisotopic (exact) mass is 528 g/mol. The Morgan fingerprint density at radius 2 is 1.51 bits per heavy atom. The summed E-state index contributed by atoms with van der Waals surface area (Å²) in [5.74, 6) is -2.15. The zero-order chi connectivity index (χ0) is 26.9. The molecular formula is C23H25BN4O8S. The molecule has 37 heavy (non-hydrogen) atoms. The average Bonchev–Trinajstić information content (AvgIpc) is 3.26. The van der Waals surface area contributed by atoms with E-state index < -0.39 is 36.3 Å². The van der Waals surface area contributed by atoms with Gasteiger partial charge in [-0.25, -0.2) is 0 Å². The number of carbonyl (C=O) groups is 3. The highest BCUT2D eigenvalue weighted by Gasteiger charge is 2.33. The topological polar surface area (TPSA) is 149 Å². The lowest BCUT2D eigenvalue weighted by atomic mass is 9.93. The molecule has 1 aliphatic rings. The zero-order valence-electron chi connectivity index (χ0n) is 20.5. The molecule has 0 bridgehead atoms. The zero-order valence-corrected chi connectivity index (χ0v) is 21.3. The van der Waals surface area contributed by atoms with Gasteiger partial charge in [0.2, 0.25) is 0 Å². The molecule has 1 fully saturated rings. The van der Waals surface area contributed by atoms with Gasteiger partial charge in [-0.3, -0.25) is 24.0 Å². The number of aromatic nitrogens is 4. The highest BCUT2D eigenvalue weighted by atomic mass is 32.1. The normalized spacial score (nSPS) is 12.4. The molecule has 4 rings (SSSR count). The van der Waals surface area contributed by atoms with E-state index in [1.807, 2.05) is 30.3 Å². The van der Waals surface area contributed by atoms with Crippen molar-refractivity contribution in [1.82, 2.24) is 19.3 Å². The lowest BCUT2D eigenvalue weighted by molar-refractivity contribution is -0.144. The summed E-state index contributed by atoms with van der Waals surface area (Å²) in [6, 6.07) is 9.96. The van der Waals surface area contributed by atoms with Gasteiger partial charge < -0.3 is 23.1 Å². The summed E-state index contributed by atoms with van der Waals surface area (Å²) in [5.41, 5.74) is 0.0462. The van der Waals surface area contributed by atoms with Crippen LogP contribution in [0.1, 0.15) is 51.1 Å². The van der Waals surface area contributed by atoms with E-state index in [-0.39, 0.29) is 12.6 Å². The fraction of sp³-hybridized carbons (Fsp3) is 0.348. The Labute approximate surface area is 216 Å². The molecular weight excluding hydrogens is 503 g/mol. The number of hydrogen-bond acceptors (Lipinski definition) is 11. The SMILES string of the molecule is CC(=O)OB(OC(C)=O)OC(C)=O.O=c1c(=O)n(C2CCC2)ccn1Cc1nnc(-c2ccccc2)s1. The second-order valence-electron chi connectivity index (χ2n) is 8.01. The summed E-state index contributed by atoms with van der Waals surface area (Å²) in [6.45, 7) is 3.56. The minimum atomic E-state index is -1.59. The predicted molar refractivity (Wildman–Crippen MR) is 133 cm³/mol. The van der Waals surface area contributed by atoms with E-state index in [1.165, 1.54) is 15.9 Å². The van der Waals surface area contributed by atoms with Crippen LogP contribution < -0.4 is 11.1 Å². The molecule has 194 valence electrons. The van der Waals surface area contributed by atoms with Gasteiger partial charge >= 0.3 is 18.4 Å². The van der Waals surface area contributed by atoms with Gasteiger partial charge in [0, 0.05) is 44.8 Å². The molecule has 1 saturated carbocycles. The van der Waals surface area contributed by atoms with Crippen LogP contribution >= 0.6 is 11.3 Å². The lowest BCUT2D eigenvalue weighted by Crippen LogP contribution is -2.43. The van der Waals surface area contributed by atoms with Gasteiger partial charge in [0.25, 0.3) is 17.9 Å². The molecule has 1 aromatic carbocycles. The van der Waals surface area contributed by atoms with Gasteiger partial charge in [0.05, 0.1) is 6.54 Å². The minimum absolute atomic E-state index is 0.186. The van der Waals surface area contributed by atoms with Gasteiger partial charge in [-0.05, 0) is 19.3 Å². The molecule has 1 aliphatic carbocycles. The molecule has 2 aromatic heterocycles. The first-order valence-electron chi connectivity index (χ1n) is 11.3. The van der Waals surface area contributed by atoms with Crippen molar-refractivity contribution in [2.45, 2.75) is 52.6 Å². The Balaban J connectivity index is 0.000000251. The number of nitrogens with zero attached hydrogens (tertiary/aromatic N) is 4. The van der Waals surface area contributed by atoms with Gasteiger partial charge in [0.15, 0.2) is 0 Å². The highest BCUT2D eigenvalue weighted by Crippen LogP contribution is 2.29. The first kappa shape index (κ1) is 27.5. The van der Waals surface area contributed by atoms with Crippen molar-refractivity contribution in [2.75, 3.05) is 0 Å². The molecule has 0 amide bonds. The minimum Gasteiger partial charge on any atom is -0.462 e. The van der Waals surface area contributed by atoms with Gasteiger partial charge in [0.1, 0.15) is 10.0 Å². The Bertz CT molecular complexity index is 1330. The van der Waals surface area contributed by atoms with Gasteiger partial charge in [-0.2, -0.15) is 0 Å². The van der Waals surface area contributed by atoms with E-state index in [0.717, 1.165) is 50.6 Å². The van der Waals surface area contributed by atoms with E-state index in [9.17, 15) is 24.0 Å². The third kappa shape index (κ3) is 7.97. The summed E-state index contributed by atoms with van der Waals surface area (Å²) >= 11 is 1.43. The molecule has 2 heterocycles. The molecule has 0 radical (unpaired) electrons. The van der Waals surface area contributed by atoms with Crippen LogP contribution in [-0.2, 0) is 34.9 Å². The number of hydrogen-bond donors (Lipinski definition) is 0. The number of rotatable bonds is 7. The van der Waals surface area contributed by atoms with E-state index in [2.05, 4.69) is 24.2 Å². The van der Waals surface area contributed by atoms with Crippen molar-refractivity contribution in [3.8, 4) is 10.6 Å². The molecule has 0 N–H and O–H groups in total. The maximum absolute atomic E-state index is 12.3. The van der Waals surface area contributed by atoms with Gasteiger partial charge in [-0.1, -0.05) is 41.7 Å². The summed E-state index contributed by atoms with van der Waals surface area (Å²) in [6.07, 6.45) is 6.45. The standard InChI is InChI=1S/C17H16N4O2S.C6H9BO6/c22-16-17(23)21(13-7-4-8-13)10-9-20(16)11-14-18-19-15(24-14)12-5-2-1-3-6-12;1-4(8)11-7(12-5(2)9)13-6(3)10/h1-3,5-6,9-10,13H,4,7-8,11H2;1-3H3. The van der Waals surface area contributed by atoms with Crippen LogP contribution in [0.25, 0.3) is 10.6 Å². The summed E-state index contributed by atoms with van der Waals surface area (Å²) in [4.78, 5) is 55.8. The van der Waals surface area contributed by atoms with Crippen molar-refractivity contribution in [1.29, 1.82) is 0 Å². The second-order valence-corrected chi connectivity index (χ2v) is 9.07. The average molecular weight is 528 g/mol. The van der Waals surface area contributed by atoms with Crippen molar-refractivity contribution >= 4 is 36.6 Å². The van der Waals surface area contributed by atoms with Crippen LogP contribution in [0.5, 0.6) is 0 Å². The first-order chi connectivity index (χ1) is 17.6. The maximum atomic E-state index is 12.3. The fourth-order valence-electron chi connectivity index (χ4n) is 3.24. The Morgan fingerprint density at radius 3 is 2.03 bits per heavy atom. The third-order valence-corrected chi connectivity index (χ3v) is 6.09. The van der Waals surface area contributed by atoms with Crippen LogP contribution in [0, 0.1) is 0 Å². The molecule has 3 aromatic rings. The van der Waals surface area contributed by atoms with Crippen LogP contribution in [0.4, 0.5) is 0 Å². The summed E-state index contributed by atoms with van der Waals surface area (Å²) < 4.78 is 16.0. The van der Waals surface area contributed by atoms with Crippen molar-refractivity contribution in [3.63, 3.8) is 0 Å². The van der Waals surface area contributed by atoms with Crippen LogP contribution in [-0.4, -0.2) is 44.6 Å². The summed E-state index contributed by atoms with van der Waals surface area (Å²) in [5, 5.41) is 9.83. The molecule has 0 aliphatic heterocycles. The van der Waals surface area contributed by atoms with E-state index in [4.69, 9.17) is 0 Å². The molecule has 0 saturated heterocycles. The lowest BCUT2D eigenvalue weighted by Gasteiger charge is -2.27. The predicted octanol–water partition coefficient (Wildman–Crippen LogP) is 1.96. The largest absolute Gasteiger partial charge is 0.870 e. The van der Waals surface area contributed by atoms with E-state index >= 15 is 0 Å². The van der Waals surface area contributed by atoms with E-state index in [1.54, 1.807) is 17.0 Å². The Hall–Kier alpha value is -4.07. The molecule has 12 nitrogen and oxygen atoms in total. The quantitative estimate of drug-likeness (QED) is 0.329. The van der Waals surface area contributed by atoms with Gasteiger partial charge in [-0.15, -0.1) is 10.2 Å². The molecule has 14 heteroatoms. The summed E-state index contributed by atoms with van der Waals surface area (Å²) in [7, 11) is -1.59.